The quantitative estimate of drug-likeness (QED) is 0.721. The summed E-state index contributed by atoms with van der Waals surface area (Å²) in [5.74, 6) is 0.735. The summed E-state index contributed by atoms with van der Waals surface area (Å²) in [6.45, 7) is 3.33. The molecule has 1 aliphatic heterocycles. The van der Waals surface area contributed by atoms with Gasteiger partial charge in [-0.3, -0.25) is 4.79 Å². The summed E-state index contributed by atoms with van der Waals surface area (Å²) in [6.07, 6.45) is 3.80. The van der Waals surface area contributed by atoms with Crippen LogP contribution in [0.1, 0.15) is 28.8 Å². The minimum Gasteiger partial charge on any atom is -0.383 e. The monoisotopic (exact) mass is 356 g/mol. The molecule has 3 aromatic rings. The van der Waals surface area contributed by atoms with Crippen LogP contribution in [0.2, 0.25) is 0 Å². The van der Waals surface area contributed by atoms with Crippen molar-refractivity contribution in [2.45, 2.75) is 25.8 Å². The highest BCUT2D eigenvalue weighted by molar-refractivity contribution is 7.13. The third-order valence-electron chi connectivity index (χ3n) is 4.60. The average molecular weight is 356 g/mol. The van der Waals surface area contributed by atoms with Crippen molar-refractivity contribution in [2.75, 3.05) is 20.3 Å². The van der Waals surface area contributed by atoms with Gasteiger partial charge in [-0.15, -0.1) is 16.4 Å². The van der Waals surface area contributed by atoms with Gasteiger partial charge in [0, 0.05) is 19.9 Å². The van der Waals surface area contributed by atoms with E-state index in [0.717, 1.165) is 35.5 Å². The number of amides is 1. The van der Waals surface area contributed by atoms with Crippen LogP contribution in [0.25, 0.3) is 16.3 Å². The number of hydrogen-bond donors (Lipinski definition) is 0. The standard InChI is InChI=1S/C18H20N4O2S/c1-12-9-13(18(23)21-7-3-5-14(21)11-24-2)10-22-17(12)19-16(20-22)15-6-4-8-25-15/h4,6,8-10,14H,3,5,7,11H2,1-2H3/t14-/m0/s1. The molecule has 1 saturated heterocycles. The van der Waals surface area contributed by atoms with Gasteiger partial charge < -0.3 is 9.64 Å². The third-order valence-corrected chi connectivity index (χ3v) is 5.47. The molecule has 4 rings (SSSR count). The number of fused-ring (bicyclic) bond motifs is 1. The Morgan fingerprint density at radius 3 is 3.12 bits per heavy atom. The lowest BCUT2D eigenvalue weighted by atomic mass is 10.1. The zero-order valence-corrected chi connectivity index (χ0v) is 15.1. The molecule has 0 spiro atoms. The van der Waals surface area contributed by atoms with Crippen molar-refractivity contribution in [1.29, 1.82) is 0 Å². The van der Waals surface area contributed by atoms with Gasteiger partial charge in [0.05, 0.1) is 23.1 Å². The molecule has 1 fully saturated rings. The number of nitrogens with zero attached hydrogens (tertiary/aromatic N) is 4. The van der Waals surface area contributed by atoms with Gasteiger partial charge in [-0.05, 0) is 42.8 Å². The van der Waals surface area contributed by atoms with Gasteiger partial charge >= 0.3 is 0 Å². The Hall–Kier alpha value is -2.25. The van der Waals surface area contributed by atoms with Crippen LogP contribution in [0, 0.1) is 6.92 Å². The molecular weight excluding hydrogens is 336 g/mol. The molecule has 1 amide bonds. The van der Waals surface area contributed by atoms with E-state index in [2.05, 4.69) is 10.1 Å². The van der Waals surface area contributed by atoms with Crippen LogP contribution in [0.4, 0.5) is 0 Å². The van der Waals surface area contributed by atoms with Crippen molar-refractivity contribution in [1.82, 2.24) is 19.5 Å². The highest BCUT2D eigenvalue weighted by atomic mass is 32.1. The van der Waals surface area contributed by atoms with Gasteiger partial charge in [-0.25, -0.2) is 9.50 Å². The zero-order valence-electron chi connectivity index (χ0n) is 14.3. The van der Waals surface area contributed by atoms with Gasteiger partial charge in [0.15, 0.2) is 11.5 Å². The van der Waals surface area contributed by atoms with E-state index in [1.807, 2.05) is 35.4 Å². The zero-order chi connectivity index (χ0) is 17.4. The lowest BCUT2D eigenvalue weighted by molar-refractivity contribution is 0.0630. The molecule has 3 aromatic heterocycles. The van der Waals surface area contributed by atoms with Crippen LogP contribution in [-0.4, -0.2) is 51.7 Å². The fraction of sp³-hybridized carbons (Fsp3) is 0.389. The van der Waals surface area contributed by atoms with Crippen molar-refractivity contribution < 1.29 is 9.53 Å². The van der Waals surface area contributed by atoms with Crippen molar-refractivity contribution in [3.63, 3.8) is 0 Å². The molecule has 1 aliphatic rings. The first-order valence-electron chi connectivity index (χ1n) is 8.38. The molecule has 0 aliphatic carbocycles. The van der Waals surface area contributed by atoms with Crippen molar-refractivity contribution in [3.8, 4) is 10.7 Å². The summed E-state index contributed by atoms with van der Waals surface area (Å²) in [5.41, 5.74) is 2.38. The van der Waals surface area contributed by atoms with Crippen LogP contribution in [0.5, 0.6) is 0 Å². The van der Waals surface area contributed by atoms with Crippen LogP contribution >= 0.6 is 11.3 Å². The maximum atomic E-state index is 13.0. The summed E-state index contributed by atoms with van der Waals surface area (Å²) in [5, 5.41) is 6.57. The van der Waals surface area contributed by atoms with E-state index in [9.17, 15) is 4.79 Å². The molecule has 0 saturated carbocycles. The smallest absolute Gasteiger partial charge is 0.255 e. The first kappa shape index (κ1) is 16.2. The van der Waals surface area contributed by atoms with E-state index in [-0.39, 0.29) is 11.9 Å². The molecule has 25 heavy (non-hydrogen) atoms. The first-order chi connectivity index (χ1) is 12.2. The van der Waals surface area contributed by atoms with Crippen molar-refractivity contribution in [3.05, 3.63) is 40.9 Å². The lowest BCUT2D eigenvalue weighted by Crippen LogP contribution is -2.38. The largest absolute Gasteiger partial charge is 0.383 e. The second-order valence-electron chi connectivity index (χ2n) is 6.34. The third kappa shape index (κ3) is 2.94. The molecule has 0 unspecified atom stereocenters. The number of ether oxygens (including phenoxy) is 1. The van der Waals surface area contributed by atoms with E-state index >= 15 is 0 Å². The van der Waals surface area contributed by atoms with Crippen LogP contribution in [-0.2, 0) is 4.74 Å². The molecule has 130 valence electrons. The normalized spacial score (nSPS) is 17.5. The fourth-order valence-electron chi connectivity index (χ4n) is 3.41. The highest BCUT2D eigenvalue weighted by Crippen LogP contribution is 2.24. The number of methoxy groups -OCH3 is 1. The SMILES string of the molecule is COC[C@@H]1CCCN1C(=O)c1cc(C)c2nc(-c3cccs3)nn2c1. The van der Waals surface area contributed by atoms with Crippen molar-refractivity contribution >= 4 is 22.9 Å². The molecule has 0 radical (unpaired) electrons. The molecule has 0 N–H and O–H groups in total. The number of aromatic nitrogens is 3. The summed E-state index contributed by atoms with van der Waals surface area (Å²) in [6, 6.07) is 6.05. The van der Waals surface area contributed by atoms with Gasteiger partial charge in [0.1, 0.15) is 0 Å². The summed E-state index contributed by atoms with van der Waals surface area (Å²) < 4.78 is 6.98. The Bertz CT molecular complexity index is 903. The molecular formula is C18H20N4O2S. The Morgan fingerprint density at radius 1 is 1.48 bits per heavy atom. The average Bonchev–Trinajstić information content (AvgIpc) is 3.34. The number of likely N-dealkylation sites (tertiary alicyclic amines) is 1. The van der Waals surface area contributed by atoms with Crippen molar-refractivity contribution in [2.24, 2.45) is 0 Å². The topological polar surface area (TPSA) is 59.7 Å². The minimum absolute atomic E-state index is 0.0396. The van der Waals surface area contributed by atoms with Crippen LogP contribution in [0.15, 0.2) is 29.8 Å². The maximum Gasteiger partial charge on any atom is 0.255 e. The number of carbonyl (C=O) groups excluding carboxylic acids is 1. The van der Waals surface area contributed by atoms with E-state index in [1.54, 1.807) is 29.2 Å². The Labute approximate surface area is 150 Å². The van der Waals surface area contributed by atoms with Gasteiger partial charge in [-0.2, -0.15) is 0 Å². The minimum atomic E-state index is 0.0396. The second-order valence-corrected chi connectivity index (χ2v) is 7.29. The highest BCUT2D eigenvalue weighted by Gasteiger charge is 2.29. The lowest BCUT2D eigenvalue weighted by Gasteiger charge is -2.24. The van der Waals surface area contributed by atoms with E-state index in [4.69, 9.17) is 4.74 Å². The number of carbonyl (C=O) groups is 1. The molecule has 7 heteroatoms. The van der Waals surface area contributed by atoms with Gasteiger partial charge in [0.2, 0.25) is 0 Å². The summed E-state index contributed by atoms with van der Waals surface area (Å²) >= 11 is 1.61. The Kier molecular flexibility index (Phi) is 4.27. The van der Waals surface area contributed by atoms with Gasteiger partial charge in [0.25, 0.3) is 5.91 Å². The summed E-state index contributed by atoms with van der Waals surface area (Å²) in [7, 11) is 1.68. The summed E-state index contributed by atoms with van der Waals surface area (Å²) in [4.78, 5) is 20.5. The van der Waals surface area contributed by atoms with Crippen LogP contribution in [0.3, 0.4) is 0 Å². The molecule has 6 nitrogen and oxygen atoms in total. The maximum absolute atomic E-state index is 13.0. The van der Waals surface area contributed by atoms with E-state index in [0.29, 0.717) is 18.0 Å². The Morgan fingerprint density at radius 2 is 2.36 bits per heavy atom. The number of hydrogen-bond acceptors (Lipinski definition) is 5. The predicted octanol–water partition coefficient (Wildman–Crippen LogP) is 3.02. The van der Waals surface area contributed by atoms with E-state index < -0.39 is 0 Å². The van der Waals surface area contributed by atoms with Gasteiger partial charge in [-0.1, -0.05) is 6.07 Å². The second kappa shape index (κ2) is 6.57. The van der Waals surface area contributed by atoms with Crippen LogP contribution < -0.4 is 0 Å². The molecule has 0 aromatic carbocycles. The number of thiophene rings is 1. The molecule has 0 bridgehead atoms. The number of pyridine rings is 1. The Balaban J connectivity index is 1.69. The fourth-order valence-corrected chi connectivity index (χ4v) is 4.06. The first-order valence-corrected chi connectivity index (χ1v) is 9.26. The number of aryl methyl sites for hydroxylation is 1. The predicted molar refractivity (Wildman–Crippen MR) is 97.0 cm³/mol. The molecule has 1 atom stereocenters. The molecule has 4 heterocycles. The van der Waals surface area contributed by atoms with E-state index in [1.165, 1.54) is 0 Å². The number of rotatable bonds is 4.